The zero-order valence-corrected chi connectivity index (χ0v) is 12.8. The Kier molecular flexibility index (Phi) is 4.81. The Morgan fingerprint density at radius 1 is 1.18 bits per heavy atom. The van der Waals surface area contributed by atoms with Gasteiger partial charge < -0.3 is 4.74 Å². The van der Waals surface area contributed by atoms with Crippen LogP contribution in [-0.2, 0) is 6.61 Å². The van der Waals surface area contributed by atoms with Gasteiger partial charge in [0.2, 0.25) is 5.91 Å². The molecule has 5 nitrogen and oxygen atoms in total. The third kappa shape index (κ3) is 3.45. The van der Waals surface area contributed by atoms with Gasteiger partial charge >= 0.3 is 0 Å². The summed E-state index contributed by atoms with van der Waals surface area (Å²) in [4.78, 5) is 14.4. The molecule has 0 aromatic heterocycles. The van der Waals surface area contributed by atoms with Crippen LogP contribution in [-0.4, -0.2) is 5.91 Å². The fraction of sp³-hybridized carbons (Fsp3) is 0.235. The lowest BCUT2D eigenvalue weighted by atomic mass is 10.0. The van der Waals surface area contributed by atoms with Gasteiger partial charge in [0, 0.05) is 16.0 Å². The van der Waals surface area contributed by atoms with Gasteiger partial charge in [-0.2, -0.15) is 0 Å². The number of rotatable bonds is 4. The molecule has 0 saturated carbocycles. The molecule has 5 heteroatoms. The van der Waals surface area contributed by atoms with Gasteiger partial charge in [-0.25, -0.2) is 0 Å². The van der Waals surface area contributed by atoms with Gasteiger partial charge in [-0.15, -0.1) is 0 Å². The minimum atomic E-state index is -0.592. The minimum absolute atomic E-state index is 0.249. The van der Waals surface area contributed by atoms with Crippen molar-refractivity contribution >= 4 is 5.91 Å². The molecule has 2 aromatic carbocycles. The van der Waals surface area contributed by atoms with Crippen molar-refractivity contribution in [3.8, 4) is 5.75 Å². The van der Waals surface area contributed by atoms with Crippen LogP contribution in [0.4, 0.5) is 0 Å². The largest absolute Gasteiger partial charge is 0.489 e. The molecule has 112 valence electrons. The number of carbonyl (C=O) groups is 1. The average Bonchev–Trinajstić information content (AvgIpc) is 2.47. The van der Waals surface area contributed by atoms with Gasteiger partial charge in [0.1, 0.15) is 12.4 Å². The van der Waals surface area contributed by atoms with Crippen LogP contribution in [0.1, 0.15) is 32.6 Å². The lowest BCUT2D eigenvalue weighted by molar-refractivity contribution is 0.0998. The first-order chi connectivity index (χ1) is 10.5. The standard InChI is InChI=1S/C17H17N3O2/c1-11-7-8-16(13(3)9-11)22-10-15-12(2)5-4-6-14(15)17(21)19-20-18/h4-9H,10H2,1-3H3. The predicted octanol–water partition coefficient (Wildman–Crippen LogP) is 4.64. The Morgan fingerprint density at radius 3 is 2.64 bits per heavy atom. The van der Waals surface area contributed by atoms with Crippen molar-refractivity contribution < 1.29 is 9.53 Å². The first-order valence-corrected chi connectivity index (χ1v) is 6.91. The first kappa shape index (κ1) is 15.6. The first-order valence-electron chi connectivity index (χ1n) is 6.91. The van der Waals surface area contributed by atoms with E-state index in [0.717, 1.165) is 22.4 Å². The maximum Gasteiger partial charge on any atom is 0.249 e. The van der Waals surface area contributed by atoms with Crippen molar-refractivity contribution in [2.45, 2.75) is 27.4 Å². The van der Waals surface area contributed by atoms with Crippen LogP contribution < -0.4 is 4.74 Å². The molecule has 0 aliphatic heterocycles. The van der Waals surface area contributed by atoms with E-state index in [0.29, 0.717) is 5.56 Å². The van der Waals surface area contributed by atoms with Crippen LogP contribution in [0.2, 0.25) is 0 Å². The Hall–Kier alpha value is -2.78. The summed E-state index contributed by atoms with van der Waals surface area (Å²) in [5.41, 5.74) is 12.7. The summed E-state index contributed by atoms with van der Waals surface area (Å²) in [6.45, 7) is 6.15. The van der Waals surface area contributed by atoms with Gasteiger partial charge in [-0.3, -0.25) is 4.79 Å². The monoisotopic (exact) mass is 295 g/mol. The molecule has 0 spiro atoms. The van der Waals surface area contributed by atoms with E-state index in [2.05, 4.69) is 10.0 Å². The van der Waals surface area contributed by atoms with E-state index in [4.69, 9.17) is 10.3 Å². The molecule has 22 heavy (non-hydrogen) atoms. The second-order valence-electron chi connectivity index (χ2n) is 5.15. The number of hydrogen-bond acceptors (Lipinski definition) is 2. The quantitative estimate of drug-likeness (QED) is 0.468. The molecule has 0 N–H and O–H groups in total. The molecule has 0 heterocycles. The second-order valence-corrected chi connectivity index (χ2v) is 5.15. The summed E-state index contributed by atoms with van der Waals surface area (Å²) < 4.78 is 5.84. The number of benzene rings is 2. The fourth-order valence-electron chi connectivity index (χ4n) is 2.30. The van der Waals surface area contributed by atoms with E-state index >= 15 is 0 Å². The molecular formula is C17H17N3O2. The van der Waals surface area contributed by atoms with Gasteiger partial charge in [-0.1, -0.05) is 35.9 Å². The van der Waals surface area contributed by atoms with Crippen molar-refractivity contribution in [2.75, 3.05) is 0 Å². The van der Waals surface area contributed by atoms with Gasteiger partial charge in [0.15, 0.2) is 0 Å². The highest BCUT2D eigenvalue weighted by Crippen LogP contribution is 2.22. The zero-order valence-electron chi connectivity index (χ0n) is 12.8. The van der Waals surface area contributed by atoms with Crippen molar-refractivity contribution in [1.29, 1.82) is 0 Å². The van der Waals surface area contributed by atoms with Crippen molar-refractivity contribution in [3.63, 3.8) is 0 Å². The zero-order chi connectivity index (χ0) is 16.1. The summed E-state index contributed by atoms with van der Waals surface area (Å²) in [6, 6.07) is 11.2. The molecule has 0 atom stereocenters. The van der Waals surface area contributed by atoms with Crippen molar-refractivity contribution in [1.82, 2.24) is 0 Å². The maximum absolute atomic E-state index is 11.9. The molecule has 0 unspecified atom stereocenters. The third-order valence-corrected chi connectivity index (χ3v) is 3.48. The molecule has 0 bridgehead atoms. The number of hydrogen-bond donors (Lipinski definition) is 0. The van der Waals surface area contributed by atoms with E-state index < -0.39 is 5.91 Å². The van der Waals surface area contributed by atoms with E-state index in [1.165, 1.54) is 5.56 Å². The molecule has 2 rings (SSSR count). The van der Waals surface area contributed by atoms with Gasteiger partial charge in [0.05, 0.1) is 0 Å². The van der Waals surface area contributed by atoms with Crippen LogP contribution in [0.5, 0.6) is 5.75 Å². The number of aryl methyl sites for hydroxylation is 3. The summed E-state index contributed by atoms with van der Waals surface area (Å²) in [5.74, 6) is 0.182. The lowest BCUT2D eigenvalue weighted by Gasteiger charge is -2.13. The van der Waals surface area contributed by atoms with E-state index in [-0.39, 0.29) is 6.61 Å². The Balaban J connectivity index is 2.29. The molecule has 0 saturated heterocycles. The van der Waals surface area contributed by atoms with Crippen LogP contribution in [0.3, 0.4) is 0 Å². The Bertz CT molecular complexity index is 762. The molecule has 0 aliphatic carbocycles. The van der Waals surface area contributed by atoms with E-state index in [1.807, 2.05) is 45.0 Å². The van der Waals surface area contributed by atoms with Crippen LogP contribution in [0.25, 0.3) is 10.4 Å². The average molecular weight is 295 g/mol. The Morgan fingerprint density at radius 2 is 1.95 bits per heavy atom. The predicted molar refractivity (Wildman–Crippen MR) is 84.9 cm³/mol. The summed E-state index contributed by atoms with van der Waals surface area (Å²) in [6.07, 6.45) is 0. The molecule has 2 aromatic rings. The maximum atomic E-state index is 11.9. The summed E-state index contributed by atoms with van der Waals surface area (Å²) >= 11 is 0. The van der Waals surface area contributed by atoms with Crippen LogP contribution in [0, 0.1) is 20.8 Å². The van der Waals surface area contributed by atoms with E-state index in [9.17, 15) is 4.79 Å². The molecule has 0 radical (unpaired) electrons. The highest BCUT2D eigenvalue weighted by atomic mass is 16.5. The normalized spacial score (nSPS) is 9.95. The number of carbonyl (C=O) groups excluding carboxylic acids is 1. The van der Waals surface area contributed by atoms with Gasteiger partial charge in [0.25, 0.3) is 0 Å². The third-order valence-electron chi connectivity index (χ3n) is 3.48. The topological polar surface area (TPSA) is 75.1 Å². The molecule has 0 fully saturated rings. The summed E-state index contributed by atoms with van der Waals surface area (Å²) in [7, 11) is 0. The Labute approximate surface area is 129 Å². The van der Waals surface area contributed by atoms with Gasteiger partial charge in [-0.05, 0) is 48.6 Å². The lowest BCUT2D eigenvalue weighted by Crippen LogP contribution is -2.07. The smallest absolute Gasteiger partial charge is 0.249 e. The molecular weight excluding hydrogens is 278 g/mol. The highest BCUT2D eigenvalue weighted by molar-refractivity contribution is 5.96. The van der Waals surface area contributed by atoms with Crippen molar-refractivity contribution in [3.05, 3.63) is 74.7 Å². The number of nitrogens with zero attached hydrogens (tertiary/aromatic N) is 3. The second kappa shape index (κ2) is 6.78. The number of azide groups is 1. The fourth-order valence-corrected chi connectivity index (χ4v) is 2.30. The number of ether oxygens (including phenoxy) is 1. The van der Waals surface area contributed by atoms with Crippen molar-refractivity contribution in [2.24, 2.45) is 5.11 Å². The highest BCUT2D eigenvalue weighted by Gasteiger charge is 2.13. The molecule has 1 amide bonds. The summed E-state index contributed by atoms with van der Waals surface area (Å²) in [5, 5.41) is 3.17. The minimum Gasteiger partial charge on any atom is -0.489 e. The number of amides is 1. The van der Waals surface area contributed by atoms with Crippen LogP contribution >= 0.6 is 0 Å². The van der Waals surface area contributed by atoms with E-state index in [1.54, 1.807) is 12.1 Å². The molecule has 0 aliphatic rings. The van der Waals surface area contributed by atoms with Crippen LogP contribution in [0.15, 0.2) is 41.5 Å². The SMILES string of the molecule is Cc1ccc(OCc2c(C)cccc2C(=O)N=[N+]=[N-])c(C)c1.